The first-order valence-electron chi connectivity index (χ1n) is 13.0. The van der Waals surface area contributed by atoms with Crippen LogP contribution in [-0.4, -0.2) is 35.5 Å². The fraction of sp³-hybridized carbons (Fsp3) is 0.219. The third kappa shape index (κ3) is 5.50. The number of benzene rings is 3. The number of rotatable bonds is 8. The summed E-state index contributed by atoms with van der Waals surface area (Å²) in [6.45, 7) is 3.43. The van der Waals surface area contributed by atoms with Gasteiger partial charge in [0.15, 0.2) is 0 Å². The Hall–Kier alpha value is -4.37. The van der Waals surface area contributed by atoms with Gasteiger partial charge >= 0.3 is 12.0 Å². The van der Waals surface area contributed by atoms with Crippen LogP contribution < -0.4 is 4.90 Å². The number of carbonyl (C=O) groups is 3. The number of urea groups is 1. The molecule has 0 saturated carbocycles. The van der Waals surface area contributed by atoms with Crippen molar-refractivity contribution in [2.24, 2.45) is 0 Å². The monoisotopic (exact) mass is 574 g/mol. The predicted octanol–water partition coefficient (Wildman–Crippen LogP) is 7.01. The van der Waals surface area contributed by atoms with Crippen LogP contribution in [0.1, 0.15) is 40.9 Å². The van der Waals surface area contributed by atoms with E-state index in [0.29, 0.717) is 40.0 Å². The average Bonchev–Trinajstić information content (AvgIpc) is 3.55. The van der Waals surface area contributed by atoms with Crippen LogP contribution >= 0.6 is 11.3 Å². The van der Waals surface area contributed by atoms with E-state index in [1.165, 1.54) is 53.7 Å². The van der Waals surface area contributed by atoms with Crippen molar-refractivity contribution in [2.45, 2.75) is 38.8 Å². The number of anilines is 1. The number of aryl methyl sites for hydroxylation is 2. The van der Waals surface area contributed by atoms with E-state index in [1.54, 1.807) is 44.2 Å². The lowest BCUT2D eigenvalue weighted by Gasteiger charge is -2.28. The molecular formula is C32H28F2N2O4S. The number of ether oxygens (including phenoxy) is 1. The lowest BCUT2D eigenvalue weighted by molar-refractivity contribution is -0.123. The summed E-state index contributed by atoms with van der Waals surface area (Å²) in [5, 5.41) is 1.83. The summed E-state index contributed by atoms with van der Waals surface area (Å²) in [6, 6.07) is 18.7. The van der Waals surface area contributed by atoms with E-state index in [4.69, 9.17) is 4.74 Å². The van der Waals surface area contributed by atoms with Gasteiger partial charge in [-0.1, -0.05) is 24.3 Å². The van der Waals surface area contributed by atoms with E-state index in [9.17, 15) is 23.2 Å². The molecule has 0 N–H and O–H groups in total. The van der Waals surface area contributed by atoms with Gasteiger partial charge in [-0.15, -0.1) is 11.3 Å². The molecule has 210 valence electrons. The number of nitrogens with zero attached hydrogens (tertiary/aromatic N) is 2. The molecule has 6 nitrogen and oxygen atoms in total. The van der Waals surface area contributed by atoms with Crippen LogP contribution in [0, 0.1) is 11.6 Å². The van der Waals surface area contributed by atoms with Gasteiger partial charge in [-0.05, 0) is 97.3 Å². The van der Waals surface area contributed by atoms with Gasteiger partial charge in [-0.2, -0.15) is 0 Å². The van der Waals surface area contributed by atoms with E-state index in [0.717, 1.165) is 10.5 Å². The molecule has 0 radical (unpaired) electrons. The summed E-state index contributed by atoms with van der Waals surface area (Å²) in [6.07, 6.45) is 1.05. The normalized spacial score (nSPS) is 14.6. The summed E-state index contributed by atoms with van der Waals surface area (Å²) in [7, 11) is 1.32. The van der Waals surface area contributed by atoms with Crippen molar-refractivity contribution in [1.29, 1.82) is 0 Å². The molecule has 4 aromatic rings. The van der Waals surface area contributed by atoms with Crippen molar-refractivity contribution in [2.75, 3.05) is 12.0 Å². The maximum atomic E-state index is 14.6. The molecule has 1 aliphatic rings. The average molecular weight is 575 g/mol. The highest BCUT2D eigenvalue weighted by atomic mass is 32.1. The smallest absolute Gasteiger partial charge is 0.337 e. The highest BCUT2D eigenvalue weighted by molar-refractivity contribution is 7.13. The molecule has 0 spiro atoms. The van der Waals surface area contributed by atoms with Gasteiger partial charge in [0.2, 0.25) is 0 Å². The first-order chi connectivity index (χ1) is 19.6. The van der Waals surface area contributed by atoms with Crippen molar-refractivity contribution in [3.63, 3.8) is 0 Å². The number of amides is 3. The van der Waals surface area contributed by atoms with Crippen molar-refractivity contribution >= 4 is 34.9 Å². The zero-order valence-electron chi connectivity index (χ0n) is 22.8. The third-order valence-corrected chi connectivity index (χ3v) is 8.28. The number of halogens is 2. The van der Waals surface area contributed by atoms with Gasteiger partial charge in [-0.3, -0.25) is 4.79 Å². The minimum Gasteiger partial charge on any atom is -0.465 e. The molecule has 3 aromatic carbocycles. The fourth-order valence-corrected chi connectivity index (χ4v) is 5.70. The van der Waals surface area contributed by atoms with Crippen LogP contribution in [0.4, 0.5) is 19.3 Å². The first-order valence-corrected chi connectivity index (χ1v) is 13.9. The van der Waals surface area contributed by atoms with Gasteiger partial charge in [0.1, 0.15) is 17.2 Å². The second-order valence-electron chi connectivity index (χ2n) is 10.3. The molecule has 0 unspecified atom stereocenters. The Morgan fingerprint density at radius 2 is 1.68 bits per heavy atom. The van der Waals surface area contributed by atoms with Crippen LogP contribution in [0.15, 0.2) is 78.2 Å². The van der Waals surface area contributed by atoms with Crippen LogP contribution in [0.2, 0.25) is 0 Å². The number of thiophene rings is 1. The summed E-state index contributed by atoms with van der Waals surface area (Å²) in [4.78, 5) is 42.2. The molecule has 0 bridgehead atoms. The fourth-order valence-electron chi connectivity index (χ4n) is 4.96. The second-order valence-corrected chi connectivity index (χ2v) is 11.3. The van der Waals surface area contributed by atoms with Crippen LogP contribution in [0.3, 0.4) is 0 Å². The number of esters is 1. The molecule has 3 amide bonds. The van der Waals surface area contributed by atoms with Crippen molar-refractivity contribution in [3.05, 3.63) is 112 Å². The van der Waals surface area contributed by atoms with Crippen molar-refractivity contribution in [3.8, 4) is 10.4 Å². The van der Waals surface area contributed by atoms with Crippen molar-refractivity contribution < 1.29 is 27.9 Å². The number of methoxy groups -OCH3 is 1. The summed E-state index contributed by atoms with van der Waals surface area (Å²) in [5.41, 5.74) is 2.22. The van der Waals surface area contributed by atoms with Crippen LogP contribution in [0.25, 0.3) is 10.4 Å². The molecule has 1 saturated heterocycles. The zero-order valence-corrected chi connectivity index (χ0v) is 23.6. The van der Waals surface area contributed by atoms with E-state index in [1.807, 2.05) is 17.5 Å². The maximum Gasteiger partial charge on any atom is 0.337 e. The highest BCUT2D eigenvalue weighted by Gasteiger charge is 2.52. The number of carbonyl (C=O) groups excluding carboxylic acids is 3. The first kappa shape index (κ1) is 28.2. The Labute approximate surface area is 240 Å². The predicted molar refractivity (Wildman–Crippen MR) is 154 cm³/mol. The van der Waals surface area contributed by atoms with Gasteiger partial charge in [0.05, 0.1) is 18.4 Å². The van der Waals surface area contributed by atoms with Gasteiger partial charge in [-0.25, -0.2) is 23.3 Å². The Bertz CT molecular complexity index is 1620. The summed E-state index contributed by atoms with van der Waals surface area (Å²) >= 11 is 1.36. The molecule has 1 fully saturated rings. The maximum absolute atomic E-state index is 14.6. The van der Waals surface area contributed by atoms with Gasteiger partial charge in [0, 0.05) is 17.0 Å². The minimum absolute atomic E-state index is 0.0872. The number of imide groups is 1. The summed E-state index contributed by atoms with van der Waals surface area (Å²) < 4.78 is 33.7. The number of hydrogen-bond acceptors (Lipinski definition) is 5. The van der Waals surface area contributed by atoms with E-state index >= 15 is 0 Å². The van der Waals surface area contributed by atoms with Crippen LogP contribution in [0.5, 0.6) is 0 Å². The molecule has 41 heavy (non-hydrogen) atoms. The Kier molecular flexibility index (Phi) is 7.73. The Morgan fingerprint density at radius 1 is 0.927 bits per heavy atom. The van der Waals surface area contributed by atoms with E-state index < -0.39 is 35.1 Å². The zero-order chi connectivity index (χ0) is 29.3. The SMILES string of the molecule is COC(=O)c1ccc(CCc2cc(F)ccc2CN2C(=O)N(c3ccc(F)c(-c4cccs4)c3)C(=O)C2(C)C)cc1. The Balaban J connectivity index is 1.39. The third-order valence-electron chi connectivity index (χ3n) is 7.37. The number of hydrogen-bond donors (Lipinski definition) is 0. The topological polar surface area (TPSA) is 66.9 Å². The largest absolute Gasteiger partial charge is 0.465 e. The van der Waals surface area contributed by atoms with Crippen molar-refractivity contribution in [1.82, 2.24) is 4.90 Å². The molecule has 5 rings (SSSR count). The second kappa shape index (κ2) is 11.2. The molecular weight excluding hydrogens is 546 g/mol. The highest BCUT2D eigenvalue weighted by Crippen LogP contribution is 2.37. The van der Waals surface area contributed by atoms with Crippen LogP contribution in [-0.2, 0) is 28.9 Å². The molecule has 9 heteroatoms. The quantitative estimate of drug-likeness (QED) is 0.168. The molecule has 0 aliphatic carbocycles. The summed E-state index contributed by atoms with van der Waals surface area (Å²) in [5.74, 6) is -1.70. The van der Waals surface area contributed by atoms with Gasteiger partial charge < -0.3 is 9.64 Å². The lowest BCUT2D eigenvalue weighted by atomic mass is 9.97. The molecule has 1 aliphatic heterocycles. The Morgan fingerprint density at radius 3 is 2.37 bits per heavy atom. The van der Waals surface area contributed by atoms with E-state index in [2.05, 4.69) is 0 Å². The standard InChI is InChI=1S/C32H28F2N2O4S/c1-32(2)30(38)36(25-14-15-27(34)26(18-25)28-5-4-16-41-28)31(39)35(32)19-23-12-13-24(33)17-22(23)11-8-20-6-9-21(10-7-20)29(37)40-3/h4-7,9-10,12-18H,8,11,19H2,1-3H3. The molecule has 0 atom stereocenters. The lowest BCUT2D eigenvalue weighted by Crippen LogP contribution is -2.43. The van der Waals surface area contributed by atoms with Gasteiger partial charge in [0.25, 0.3) is 5.91 Å². The minimum atomic E-state index is -1.19. The molecule has 2 heterocycles. The van der Waals surface area contributed by atoms with E-state index in [-0.39, 0.29) is 12.2 Å². The molecule has 1 aromatic heterocycles.